The van der Waals surface area contributed by atoms with Crippen LogP contribution < -0.4 is 20.1 Å². The van der Waals surface area contributed by atoms with Crippen molar-refractivity contribution >= 4 is 40.2 Å². The molecule has 0 radical (unpaired) electrons. The van der Waals surface area contributed by atoms with Crippen molar-refractivity contribution in [1.82, 2.24) is 24.9 Å². The smallest absolute Gasteiger partial charge is 0.324 e. The van der Waals surface area contributed by atoms with E-state index in [1.165, 1.54) is 11.8 Å². The summed E-state index contributed by atoms with van der Waals surface area (Å²) in [5.41, 5.74) is 1.18. The Morgan fingerprint density at radius 3 is 2.60 bits per heavy atom. The number of likely N-dealkylation sites (N-methyl/N-ethyl adjacent to an activating group) is 1. The van der Waals surface area contributed by atoms with Crippen molar-refractivity contribution in [2.24, 2.45) is 0 Å². The lowest BCUT2D eigenvalue weighted by Gasteiger charge is -2.32. The van der Waals surface area contributed by atoms with Crippen LogP contribution in [0.4, 0.5) is 16.3 Å². The van der Waals surface area contributed by atoms with E-state index in [1.807, 2.05) is 57.2 Å². The zero-order valence-electron chi connectivity index (χ0n) is 25.3. The van der Waals surface area contributed by atoms with Gasteiger partial charge in [0, 0.05) is 66.2 Å². The largest absolute Gasteiger partial charge is 0.493 e. The molecule has 43 heavy (non-hydrogen) atoms. The molecule has 0 aliphatic carbocycles. The second kappa shape index (κ2) is 13.6. The third-order valence-electron chi connectivity index (χ3n) is 7.15. The van der Waals surface area contributed by atoms with Crippen LogP contribution in [-0.2, 0) is 5.41 Å². The van der Waals surface area contributed by atoms with E-state index < -0.39 is 6.03 Å². The summed E-state index contributed by atoms with van der Waals surface area (Å²) >= 11 is 1.48. The molecule has 4 aromatic rings. The lowest BCUT2D eigenvalue weighted by Crippen LogP contribution is -2.44. The Hall–Kier alpha value is -3.87. The van der Waals surface area contributed by atoms with Crippen molar-refractivity contribution in [2.75, 3.05) is 64.1 Å². The summed E-state index contributed by atoms with van der Waals surface area (Å²) in [6.07, 6.45) is 2.47. The molecule has 2 aromatic heterocycles. The normalized spacial score (nSPS) is 14.5. The third-order valence-corrected chi connectivity index (χ3v) is 8.16. The molecule has 2 aromatic carbocycles. The van der Waals surface area contributed by atoms with E-state index in [2.05, 4.69) is 42.6 Å². The molecule has 1 fully saturated rings. The van der Waals surface area contributed by atoms with E-state index in [0.29, 0.717) is 35.4 Å². The van der Waals surface area contributed by atoms with Crippen LogP contribution in [0.15, 0.2) is 63.2 Å². The molecule has 0 unspecified atom stereocenters. The van der Waals surface area contributed by atoms with Gasteiger partial charge in [0.15, 0.2) is 17.3 Å². The van der Waals surface area contributed by atoms with E-state index in [1.54, 1.807) is 19.5 Å². The van der Waals surface area contributed by atoms with Crippen molar-refractivity contribution in [3.63, 3.8) is 0 Å². The average molecular weight is 606 g/mol. The Balaban J connectivity index is 1.24. The number of carbonyl (C=O) groups excluding carboxylic acids is 1. The lowest BCUT2D eigenvalue weighted by atomic mass is 9.93. The fraction of sp³-hybridized carbons (Fsp3) is 0.419. The Labute approximate surface area is 256 Å². The molecule has 2 N–H and O–H groups in total. The number of benzene rings is 2. The molecule has 0 spiro atoms. The monoisotopic (exact) mass is 605 g/mol. The Morgan fingerprint density at radius 1 is 1.05 bits per heavy atom. The topological polar surface area (TPSA) is 118 Å². The molecule has 0 atom stereocenters. The number of rotatable bonds is 10. The second-order valence-corrected chi connectivity index (χ2v) is 12.6. The first-order valence-electron chi connectivity index (χ1n) is 14.4. The number of anilines is 2. The van der Waals surface area contributed by atoms with E-state index in [9.17, 15) is 4.79 Å². The zero-order valence-corrected chi connectivity index (χ0v) is 26.2. The van der Waals surface area contributed by atoms with Crippen LogP contribution in [0, 0.1) is 0 Å². The maximum atomic E-state index is 12.6. The molecule has 2 amide bonds. The highest BCUT2D eigenvalue weighted by molar-refractivity contribution is 7.99. The van der Waals surface area contributed by atoms with Gasteiger partial charge >= 0.3 is 6.03 Å². The van der Waals surface area contributed by atoms with Crippen molar-refractivity contribution in [3.8, 4) is 11.5 Å². The number of urea groups is 1. The van der Waals surface area contributed by atoms with Gasteiger partial charge in [-0.3, -0.25) is 5.32 Å². The summed E-state index contributed by atoms with van der Waals surface area (Å²) < 4.78 is 17.2. The number of carbonyl (C=O) groups is 1. The number of fused-ring (bicyclic) bond motifs is 1. The maximum Gasteiger partial charge on any atom is 0.324 e. The average Bonchev–Trinajstić information content (AvgIpc) is 3.45. The van der Waals surface area contributed by atoms with Crippen LogP contribution >= 0.6 is 11.8 Å². The molecular weight excluding hydrogens is 566 g/mol. The van der Waals surface area contributed by atoms with Gasteiger partial charge in [0.1, 0.15) is 17.1 Å². The standard InChI is InChI=1S/C31H39N7O4S/c1-31(2,3)27-19-28(36-42-27)35-30(39)34-21-8-6-9-22(16-21)43-29-23-17-26(25(40-5)18-24(23)32-20-33-29)41-15-7-10-38-13-11-37(4)12-14-38/h6,8-9,16-20H,7,10-15H2,1-5H3,(H2,34,35,36,39). The SMILES string of the molecule is COc1cc2ncnc(Sc3cccc(NC(=O)Nc4cc(C(C)(C)C)on4)c3)c2cc1OCCCN1CCN(C)CC1. The van der Waals surface area contributed by atoms with Crippen LogP contribution in [0.2, 0.25) is 0 Å². The van der Waals surface area contributed by atoms with Gasteiger partial charge in [-0.2, -0.15) is 0 Å². The van der Waals surface area contributed by atoms with E-state index in [0.717, 1.165) is 60.0 Å². The summed E-state index contributed by atoms with van der Waals surface area (Å²) in [6.45, 7) is 12.0. The van der Waals surface area contributed by atoms with Crippen molar-refractivity contribution in [2.45, 2.75) is 42.5 Å². The van der Waals surface area contributed by atoms with Gasteiger partial charge in [0.05, 0.1) is 19.2 Å². The summed E-state index contributed by atoms with van der Waals surface area (Å²) in [7, 11) is 3.80. The minimum atomic E-state index is -0.412. The number of aromatic nitrogens is 3. The molecule has 228 valence electrons. The fourth-order valence-electron chi connectivity index (χ4n) is 4.65. The maximum absolute atomic E-state index is 12.6. The summed E-state index contributed by atoms with van der Waals surface area (Å²) in [6, 6.07) is 12.7. The van der Waals surface area contributed by atoms with Gasteiger partial charge < -0.3 is 29.1 Å². The minimum absolute atomic E-state index is 0.206. The molecular formula is C31H39N7O4S. The zero-order chi connectivity index (χ0) is 30.4. The number of ether oxygens (including phenoxy) is 2. The van der Waals surface area contributed by atoms with E-state index >= 15 is 0 Å². The first-order valence-corrected chi connectivity index (χ1v) is 15.2. The van der Waals surface area contributed by atoms with Crippen LogP contribution in [-0.4, -0.2) is 84.4 Å². The number of amides is 2. The molecule has 0 bridgehead atoms. The first kappa shape index (κ1) is 30.6. The lowest BCUT2D eigenvalue weighted by molar-refractivity contribution is 0.145. The summed E-state index contributed by atoms with van der Waals surface area (Å²) in [5.74, 6) is 2.35. The van der Waals surface area contributed by atoms with Crippen LogP contribution in [0.3, 0.4) is 0 Å². The fourth-order valence-corrected chi connectivity index (χ4v) is 5.58. The molecule has 1 aliphatic rings. The van der Waals surface area contributed by atoms with Crippen molar-refractivity contribution in [1.29, 1.82) is 0 Å². The molecule has 1 saturated heterocycles. The molecule has 11 nitrogen and oxygen atoms in total. The van der Waals surface area contributed by atoms with Crippen LogP contribution in [0.1, 0.15) is 33.0 Å². The highest BCUT2D eigenvalue weighted by atomic mass is 32.2. The quantitative estimate of drug-likeness (QED) is 0.171. The minimum Gasteiger partial charge on any atom is -0.493 e. The first-order chi connectivity index (χ1) is 20.7. The van der Waals surface area contributed by atoms with Gasteiger partial charge in [-0.05, 0) is 37.7 Å². The Bertz CT molecular complexity index is 1550. The van der Waals surface area contributed by atoms with Gasteiger partial charge in [0.2, 0.25) is 0 Å². The predicted molar refractivity (Wildman–Crippen MR) is 169 cm³/mol. The Kier molecular flexibility index (Phi) is 9.69. The van der Waals surface area contributed by atoms with Gasteiger partial charge in [-0.15, -0.1) is 0 Å². The molecule has 3 heterocycles. The third kappa shape index (κ3) is 8.15. The number of nitrogens with zero attached hydrogens (tertiary/aromatic N) is 5. The number of methoxy groups -OCH3 is 1. The van der Waals surface area contributed by atoms with Gasteiger partial charge in [-0.1, -0.05) is 43.8 Å². The predicted octanol–water partition coefficient (Wildman–Crippen LogP) is 5.74. The number of hydrogen-bond acceptors (Lipinski definition) is 10. The summed E-state index contributed by atoms with van der Waals surface area (Å²) in [5, 5.41) is 11.2. The molecule has 12 heteroatoms. The van der Waals surface area contributed by atoms with Crippen LogP contribution in [0.25, 0.3) is 10.9 Å². The number of nitrogens with one attached hydrogen (secondary N) is 2. The highest BCUT2D eigenvalue weighted by Crippen LogP contribution is 2.38. The van der Waals surface area contributed by atoms with E-state index in [-0.39, 0.29) is 5.41 Å². The number of piperazine rings is 1. The molecule has 1 aliphatic heterocycles. The molecule has 5 rings (SSSR count). The van der Waals surface area contributed by atoms with Crippen molar-refractivity contribution in [3.05, 3.63) is 54.6 Å². The Morgan fingerprint density at radius 2 is 1.86 bits per heavy atom. The molecule has 0 saturated carbocycles. The second-order valence-electron chi connectivity index (χ2n) is 11.6. The van der Waals surface area contributed by atoms with Crippen LogP contribution in [0.5, 0.6) is 11.5 Å². The van der Waals surface area contributed by atoms with Gasteiger partial charge in [0.25, 0.3) is 0 Å². The highest BCUT2D eigenvalue weighted by Gasteiger charge is 2.20. The number of hydrogen-bond donors (Lipinski definition) is 2. The summed E-state index contributed by atoms with van der Waals surface area (Å²) in [4.78, 5) is 27.4. The van der Waals surface area contributed by atoms with Crippen molar-refractivity contribution < 1.29 is 18.8 Å². The van der Waals surface area contributed by atoms with E-state index in [4.69, 9.17) is 14.0 Å². The van der Waals surface area contributed by atoms with Gasteiger partial charge in [-0.25, -0.2) is 14.8 Å².